The van der Waals surface area contributed by atoms with Gasteiger partial charge in [0.05, 0.1) is 17.7 Å². The molecule has 1 aromatic heterocycles. The van der Waals surface area contributed by atoms with Crippen molar-refractivity contribution in [2.24, 2.45) is 5.92 Å². The summed E-state index contributed by atoms with van der Waals surface area (Å²) in [5, 5.41) is 9.87. The van der Waals surface area contributed by atoms with E-state index in [1.165, 1.54) is 0 Å². The second-order valence-corrected chi connectivity index (χ2v) is 6.03. The van der Waals surface area contributed by atoms with Crippen molar-refractivity contribution in [3.8, 4) is 0 Å². The Bertz CT molecular complexity index is 472. The molecule has 1 N–H and O–H groups in total. The zero-order chi connectivity index (χ0) is 14.7. The summed E-state index contributed by atoms with van der Waals surface area (Å²) in [6.07, 6.45) is 3.97. The lowest BCUT2D eigenvalue weighted by Crippen LogP contribution is -2.50. The monoisotopic (exact) mass is 289 g/mol. The highest BCUT2D eigenvalue weighted by Crippen LogP contribution is 2.27. The summed E-state index contributed by atoms with van der Waals surface area (Å²) in [5.41, 5.74) is 1.07. The molecule has 2 unspecified atom stereocenters. The van der Waals surface area contributed by atoms with Crippen LogP contribution in [-0.4, -0.2) is 58.1 Å². The van der Waals surface area contributed by atoms with Crippen molar-refractivity contribution in [3.63, 3.8) is 0 Å². The minimum absolute atomic E-state index is 0.150. The number of aromatic nitrogens is 1. The summed E-state index contributed by atoms with van der Waals surface area (Å²) < 4.78 is 0. The van der Waals surface area contributed by atoms with E-state index in [1.54, 1.807) is 0 Å². The molecule has 1 saturated heterocycles. The molecule has 0 bridgehead atoms. The van der Waals surface area contributed by atoms with E-state index in [0.717, 1.165) is 57.7 Å². The number of amides is 1. The Morgan fingerprint density at radius 3 is 2.67 bits per heavy atom. The van der Waals surface area contributed by atoms with Gasteiger partial charge in [0.2, 0.25) is 5.91 Å². The normalized spacial score (nSPS) is 27.0. The van der Waals surface area contributed by atoms with Crippen molar-refractivity contribution in [1.29, 1.82) is 0 Å². The molecule has 1 aliphatic heterocycles. The number of rotatable bonds is 3. The van der Waals surface area contributed by atoms with Gasteiger partial charge in [0.15, 0.2) is 0 Å². The fourth-order valence-electron chi connectivity index (χ4n) is 3.31. The van der Waals surface area contributed by atoms with E-state index in [0.29, 0.717) is 0 Å². The summed E-state index contributed by atoms with van der Waals surface area (Å²) in [6.45, 7) is 4.12. The average molecular weight is 289 g/mol. The van der Waals surface area contributed by atoms with Crippen molar-refractivity contribution in [3.05, 3.63) is 30.1 Å². The third-order valence-corrected chi connectivity index (χ3v) is 4.59. The van der Waals surface area contributed by atoms with Crippen LogP contribution in [0.1, 0.15) is 25.0 Å². The zero-order valence-corrected chi connectivity index (χ0v) is 12.3. The number of piperazine rings is 1. The van der Waals surface area contributed by atoms with Crippen LogP contribution in [-0.2, 0) is 11.3 Å². The molecule has 1 aromatic rings. The van der Waals surface area contributed by atoms with Crippen LogP contribution in [0.3, 0.4) is 0 Å². The van der Waals surface area contributed by atoms with Gasteiger partial charge in [0.1, 0.15) is 0 Å². The highest BCUT2D eigenvalue weighted by molar-refractivity contribution is 5.79. The highest BCUT2D eigenvalue weighted by Gasteiger charge is 2.35. The summed E-state index contributed by atoms with van der Waals surface area (Å²) in [5.74, 6) is -0.00942. The van der Waals surface area contributed by atoms with Crippen LogP contribution in [0.4, 0.5) is 0 Å². The van der Waals surface area contributed by atoms with Gasteiger partial charge in [0, 0.05) is 38.9 Å². The molecule has 1 saturated carbocycles. The number of nitrogens with zero attached hydrogens (tertiary/aromatic N) is 3. The molecule has 2 atom stereocenters. The van der Waals surface area contributed by atoms with Crippen LogP contribution in [0.2, 0.25) is 0 Å². The molecule has 0 radical (unpaired) electrons. The second kappa shape index (κ2) is 6.54. The van der Waals surface area contributed by atoms with Gasteiger partial charge in [-0.2, -0.15) is 0 Å². The Labute approximate surface area is 125 Å². The van der Waals surface area contributed by atoms with Crippen LogP contribution < -0.4 is 0 Å². The Balaban J connectivity index is 1.50. The number of aliphatic hydroxyl groups is 1. The molecule has 0 aromatic carbocycles. The van der Waals surface area contributed by atoms with Gasteiger partial charge in [0.25, 0.3) is 0 Å². The van der Waals surface area contributed by atoms with Gasteiger partial charge in [-0.3, -0.25) is 14.7 Å². The quantitative estimate of drug-likeness (QED) is 0.898. The molecule has 2 heterocycles. The zero-order valence-electron chi connectivity index (χ0n) is 12.3. The van der Waals surface area contributed by atoms with E-state index in [2.05, 4.69) is 9.88 Å². The third kappa shape index (κ3) is 3.41. The number of carbonyl (C=O) groups excluding carboxylic acids is 1. The van der Waals surface area contributed by atoms with Gasteiger partial charge in [-0.25, -0.2) is 0 Å². The summed E-state index contributed by atoms with van der Waals surface area (Å²) >= 11 is 0. The minimum atomic E-state index is -0.427. The summed E-state index contributed by atoms with van der Waals surface area (Å²) in [7, 11) is 0. The molecular formula is C16H23N3O2. The number of hydrogen-bond donors (Lipinski definition) is 1. The van der Waals surface area contributed by atoms with Crippen LogP contribution in [0, 0.1) is 5.92 Å². The standard InChI is InChI=1S/C16H23N3O2/c20-15-6-3-5-14(15)16(21)19-10-8-18(9-11-19)12-13-4-1-2-7-17-13/h1-2,4,7,14-15,20H,3,5-6,8-12H2. The first kappa shape index (κ1) is 14.5. The van der Waals surface area contributed by atoms with Gasteiger partial charge in [-0.1, -0.05) is 6.07 Å². The second-order valence-electron chi connectivity index (χ2n) is 6.03. The molecule has 2 fully saturated rings. The van der Waals surface area contributed by atoms with E-state index in [9.17, 15) is 9.90 Å². The molecular weight excluding hydrogens is 266 g/mol. The maximum absolute atomic E-state index is 12.4. The van der Waals surface area contributed by atoms with E-state index in [4.69, 9.17) is 0 Å². The number of hydrogen-bond acceptors (Lipinski definition) is 4. The SMILES string of the molecule is O=C(C1CCCC1O)N1CCN(Cc2ccccn2)CC1. The Morgan fingerprint density at radius 2 is 2.05 bits per heavy atom. The molecule has 5 heteroatoms. The predicted molar refractivity (Wildman–Crippen MR) is 79.4 cm³/mol. The lowest BCUT2D eigenvalue weighted by molar-refractivity contribution is -0.140. The fourth-order valence-corrected chi connectivity index (χ4v) is 3.31. The maximum atomic E-state index is 12.4. The summed E-state index contributed by atoms with van der Waals surface area (Å²) in [6, 6.07) is 5.96. The number of aliphatic hydroxyl groups excluding tert-OH is 1. The van der Waals surface area contributed by atoms with Gasteiger partial charge in [-0.05, 0) is 31.4 Å². The predicted octanol–water partition coefficient (Wildman–Crippen LogP) is 0.887. The van der Waals surface area contributed by atoms with Crippen molar-refractivity contribution < 1.29 is 9.90 Å². The average Bonchev–Trinajstić information content (AvgIpc) is 2.94. The Kier molecular flexibility index (Phi) is 4.51. The summed E-state index contributed by atoms with van der Waals surface area (Å²) in [4.78, 5) is 21.0. The highest BCUT2D eigenvalue weighted by atomic mass is 16.3. The van der Waals surface area contributed by atoms with Crippen LogP contribution in [0.5, 0.6) is 0 Å². The molecule has 2 aliphatic rings. The molecule has 114 valence electrons. The van der Waals surface area contributed by atoms with Crippen LogP contribution in [0.25, 0.3) is 0 Å². The van der Waals surface area contributed by atoms with Gasteiger partial charge in [-0.15, -0.1) is 0 Å². The fraction of sp³-hybridized carbons (Fsp3) is 0.625. The van der Waals surface area contributed by atoms with Crippen LogP contribution in [0.15, 0.2) is 24.4 Å². The van der Waals surface area contributed by atoms with Crippen LogP contribution >= 0.6 is 0 Å². The number of carbonyl (C=O) groups is 1. The van der Waals surface area contributed by atoms with Crippen molar-refractivity contribution in [1.82, 2.24) is 14.8 Å². The van der Waals surface area contributed by atoms with E-state index >= 15 is 0 Å². The molecule has 3 rings (SSSR count). The smallest absolute Gasteiger partial charge is 0.228 e. The minimum Gasteiger partial charge on any atom is -0.392 e. The van der Waals surface area contributed by atoms with Crippen molar-refractivity contribution in [2.45, 2.75) is 31.9 Å². The first-order chi connectivity index (χ1) is 10.2. The largest absolute Gasteiger partial charge is 0.392 e. The van der Waals surface area contributed by atoms with Crippen molar-refractivity contribution >= 4 is 5.91 Å². The topological polar surface area (TPSA) is 56.7 Å². The van der Waals surface area contributed by atoms with Gasteiger partial charge >= 0.3 is 0 Å². The lowest BCUT2D eigenvalue weighted by Gasteiger charge is -2.36. The molecule has 5 nitrogen and oxygen atoms in total. The molecule has 1 aliphatic carbocycles. The Hall–Kier alpha value is -1.46. The maximum Gasteiger partial charge on any atom is 0.228 e. The first-order valence-corrected chi connectivity index (χ1v) is 7.83. The Morgan fingerprint density at radius 1 is 1.24 bits per heavy atom. The van der Waals surface area contributed by atoms with E-state index in [1.807, 2.05) is 29.3 Å². The molecule has 0 spiro atoms. The lowest BCUT2D eigenvalue weighted by atomic mass is 10.0. The molecule has 1 amide bonds. The first-order valence-electron chi connectivity index (χ1n) is 7.83. The molecule has 21 heavy (non-hydrogen) atoms. The third-order valence-electron chi connectivity index (χ3n) is 4.59. The van der Waals surface area contributed by atoms with Crippen molar-refractivity contribution in [2.75, 3.05) is 26.2 Å². The number of pyridine rings is 1. The van der Waals surface area contributed by atoms with Gasteiger partial charge < -0.3 is 10.0 Å². The van der Waals surface area contributed by atoms with E-state index < -0.39 is 6.10 Å². The van der Waals surface area contributed by atoms with E-state index in [-0.39, 0.29) is 11.8 Å².